The molecule has 1 aromatic heterocycles. The summed E-state index contributed by atoms with van der Waals surface area (Å²) in [5.74, 6) is -1.43. The maximum atomic E-state index is 11.3. The number of amides is 3. The van der Waals surface area contributed by atoms with Gasteiger partial charge >= 0.3 is 12.0 Å². The smallest absolute Gasteiger partial charge is 0.321 e. The van der Waals surface area contributed by atoms with Crippen LogP contribution in [0.3, 0.4) is 0 Å². The highest BCUT2D eigenvalue weighted by atomic mass is 32.1. The molecular formula is C11H14N2O4S. The minimum absolute atomic E-state index is 0.0265. The Kier molecular flexibility index (Phi) is 5.86. The number of rotatable bonds is 6. The molecule has 0 atom stereocenters. The number of imide groups is 1. The van der Waals surface area contributed by atoms with Gasteiger partial charge in [0.15, 0.2) is 0 Å². The molecule has 1 heterocycles. The standard InChI is InChI=1S/C11H14N2O4S/c14-9(4-1-5-10(15)16)13-11(17)12-7-8-3-2-6-18-8/h2-3,6H,1,4-5,7H2,(H,15,16)(H2,12,13,14,17). The second-order valence-corrected chi connectivity index (χ2v) is 4.59. The van der Waals surface area contributed by atoms with Crippen molar-refractivity contribution < 1.29 is 19.5 Å². The Bertz CT molecular complexity index is 417. The zero-order chi connectivity index (χ0) is 13.4. The van der Waals surface area contributed by atoms with E-state index in [1.807, 2.05) is 17.5 Å². The largest absolute Gasteiger partial charge is 0.481 e. The van der Waals surface area contributed by atoms with Crippen LogP contribution in [0.5, 0.6) is 0 Å². The molecule has 0 saturated carbocycles. The fourth-order valence-corrected chi connectivity index (χ4v) is 1.86. The number of urea groups is 1. The maximum Gasteiger partial charge on any atom is 0.321 e. The van der Waals surface area contributed by atoms with E-state index < -0.39 is 17.9 Å². The SMILES string of the molecule is O=C(O)CCCC(=O)NC(=O)NCc1cccs1. The molecule has 1 aromatic rings. The molecule has 0 fully saturated rings. The lowest BCUT2D eigenvalue weighted by molar-refractivity contribution is -0.137. The first-order chi connectivity index (χ1) is 8.58. The number of carbonyl (C=O) groups excluding carboxylic acids is 2. The summed E-state index contributed by atoms with van der Waals surface area (Å²) in [5, 5.41) is 15.0. The van der Waals surface area contributed by atoms with Gasteiger partial charge in [0.05, 0.1) is 6.54 Å². The predicted molar refractivity (Wildman–Crippen MR) is 66.2 cm³/mol. The first kappa shape index (κ1) is 14.2. The van der Waals surface area contributed by atoms with Gasteiger partial charge in [0.2, 0.25) is 5.91 Å². The number of aliphatic carboxylic acids is 1. The fraction of sp³-hybridized carbons (Fsp3) is 0.364. The Morgan fingerprint density at radius 1 is 1.28 bits per heavy atom. The summed E-state index contributed by atoms with van der Waals surface area (Å²) in [7, 11) is 0. The zero-order valence-corrected chi connectivity index (χ0v) is 10.5. The second-order valence-electron chi connectivity index (χ2n) is 3.56. The Hall–Kier alpha value is -1.89. The third-order valence-electron chi connectivity index (χ3n) is 2.05. The number of carbonyl (C=O) groups is 3. The van der Waals surface area contributed by atoms with Gasteiger partial charge in [-0.15, -0.1) is 11.3 Å². The van der Waals surface area contributed by atoms with Gasteiger partial charge in [-0.05, 0) is 17.9 Å². The molecule has 6 nitrogen and oxygen atoms in total. The molecule has 0 aliphatic heterocycles. The van der Waals surface area contributed by atoms with Gasteiger partial charge < -0.3 is 10.4 Å². The van der Waals surface area contributed by atoms with Gasteiger partial charge in [-0.3, -0.25) is 14.9 Å². The van der Waals surface area contributed by atoms with Crippen molar-refractivity contribution in [3.05, 3.63) is 22.4 Å². The number of hydrogen-bond donors (Lipinski definition) is 3. The molecule has 0 spiro atoms. The number of thiophene rings is 1. The molecule has 0 aliphatic rings. The van der Waals surface area contributed by atoms with E-state index in [1.54, 1.807) is 0 Å². The lowest BCUT2D eigenvalue weighted by atomic mass is 10.2. The van der Waals surface area contributed by atoms with Crippen molar-refractivity contribution in [3.8, 4) is 0 Å². The molecule has 0 bridgehead atoms. The van der Waals surface area contributed by atoms with Gasteiger partial charge in [-0.1, -0.05) is 6.07 Å². The van der Waals surface area contributed by atoms with E-state index in [0.717, 1.165) is 4.88 Å². The van der Waals surface area contributed by atoms with E-state index in [0.29, 0.717) is 6.54 Å². The van der Waals surface area contributed by atoms with E-state index in [-0.39, 0.29) is 19.3 Å². The molecule has 3 amide bonds. The molecule has 0 aliphatic carbocycles. The first-order valence-electron chi connectivity index (χ1n) is 5.40. The van der Waals surface area contributed by atoms with Gasteiger partial charge in [0, 0.05) is 17.7 Å². The van der Waals surface area contributed by atoms with Crippen molar-refractivity contribution in [2.45, 2.75) is 25.8 Å². The molecule has 3 N–H and O–H groups in total. The van der Waals surface area contributed by atoms with Crippen LogP contribution in [0, 0.1) is 0 Å². The summed E-state index contributed by atoms with van der Waals surface area (Å²) < 4.78 is 0. The number of carboxylic acids is 1. The molecule has 0 unspecified atom stereocenters. The van der Waals surface area contributed by atoms with Crippen LogP contribution in [0.2, 0.25) is 0 Å². The van der Waals surface area contributed by atoms with Crippen molar-refractivity contribution in [2.75, 3.05) is 0 Å². The Labute approximate surface area is 108 Å². The molecule has 0 aromatic carbocycles. The second kappa shape index (κ2) is 7.44. The molecule has 18 heavy (non-hydrogen) atoms. The van der Waals surface area contributed by atoms with Gasteiger partial charge in [-0.2, -0.15) is 0 Å². The van der Waals surface area contributed by atoms with Crippen LogP contribution in [-0.2, 0) is 16.1 Å². The summed E-state index contributed by atoms with van der Waals surface area (Å²) in [6.45, 7) is 0.367. The molecule has 1 rings (SSSR count). The highest BCUT2D eigenvalue weighted by Gasteiger charge is 2.08. The fourth-order valence-electron chi connectivity index (χ4n) is 1.21. The number of nitrogens with one attached hydrogen (secondary N) is 2. The van der Waals surface area contributed by atoms with Crippen LogP contribution in [0.25, 0.3) is 0 Å². The van der Waals surface area contributed by atoms with Crippen LogP contribution in [0.15, 0.2) is 17.5 Å². The summed E-state index contributed by atoms with van der Waals surface area (Å²) >= 11 is 1.51. The molecule has 98 valence electrons. The minimum Gasteiger partial charge on any atom is -0.481 e. The first-order valence-corrected chi connectivity index (χ1v) is 6.28. The summed E-state index contributed by atoms with van der Waals surface area (Å²) in [5.41, 5.74) is 0. The summed E-state index contributed by atoms with van der Waals surface area (Å²) in [6.07, 6.45) is 0.169. The zero-order valence-electron chi connectivity index (χ0n) is 9.64. The summed E-state index contributed by atoms with van der Waals surface area (Å²) in [6, 6.07) is 3.18. The molecule has 7 heteroatoms. The summed E-state index contributed by atoms with van der Waals surface area (Å²) in [4.78, 5) is 33.7. The van der Waals surface area contributed by atoms with E-state index in [1.165, 1.54) is 11.3 Å². The quantitative estimate of drug-likeness (QED) is 0.726. The highest BCUT2D eigenvalue weighted by molar-refractivity contribution is 7.09. The van der Waals surface area contributed by atoms with Crippen molar-refractivity contribution >= 4 is 29.2 Å². The highest BCUT2D eigenvalue weighted by Crippen LogP contribution is 2.07. The Morgan fingerprint density at radius 3 is 2.67 bits per heavy atom. The predicted octanol–water partition coefficient (Wildman–Crippen LogP) is 1.33. The monoisotopic (exact) mass is 270 g/mol. The average Bonchev–Trinajstić information content (AvgIpc) is 2.78. The third kappa shape index (κ3) is 6.00. The van der Waals surface area contributed by atoms with Crippen LogP contribution in [-0.4, -0.2) is 23.0 Å². The topological polar surface area (TPSA) is 95.5 Å². The van der Waals surface area contributed by atoms with E-state index in [4.69, 9.17) is 5.11 Å². The number of hydrogen-bond acceptors (Lipinski definition) is 4. The maximum absolute atomic E-state index is 11.3. The van der Waals surface area contributed by atoms with Gasteiger partial charge in [0.1, 0.15) is 0 Å². The van der Waals surface area contributed by atoms with Crippen LogP contribution in [0.1, 0.15) is 24.1 Å². The molecular weight excluding hydrogens is 256 g/mol. The third-order valence-corrected chi connectivity index (χ3v) is 2.93. The van der Waals surface area contributed by atoms with Crippen LogP contribution >= 0.6 is 11.3 Å². The lowest BCUT2D eigenvalue weighted by Crippen LogP contribution is -2.38. The van der Waals surface area contributed by atoms with E-state index >= 15 is 0 Å². The van der Waals surface area contributed by atoms with E-state index in [2.05, 4.69) is 10.6 Å². The van der Waals surface area contributed by atoms with Crippen molar-refractivity contribution in [1.82, 2.24) is 10.6 Å². The van der Waals surface area contributed by atoms with Crippen LogP contribution in [0.4, 0.5) is 4.79 Å². The Balaban J connectivity index is 2.15. The van der Waals surface area contributed by atoms with E-state index in [9.17, 15) is 14.4 Å². The van der Waals surface area contributed by atoms with Crippen LogP contribution < -0.4 is 10.6 Å². The minimum atomic E-state index is -0.954. The van der Waals surface area contributed by atoms with Gasteiger partial charge in [0.25, 0.3) is 0 Å². The van der Waals surface area contributed by atoms with Crippen molar-refractivity contribution in [2.24, 2.45) is 0 Å². The van der Waals surface area contributed by atoms with Crippen molar-refractivity contribution in [1.29, 1.82) is 0 Å². The average molecular weight is 270 g/mol. The Morgan fingerprint density at radius 2 is 2.06 bits per heavy atom. The van der Waals surface area contributed by atoms with Gasteiger partial charge in [-0.25, -0.2) is 4.79 Å². The molecule has 0 radical (unpaired) electrons. The normalized spacial score (nSPS) is 9.78. The number of carboxylic acid groups (broad SMARTS) is 1. The lowest BCUT2D eigenvalue weighted by Gasteiger charge is -2.05. The van der Waals surface area contributed by atoms with Crippen molar-refractivity contribution in [3.63, 3.8) is 0 Å². The molecule has 0 saturated heterocycles.